The molecule has 0 aliphatic heterocycles. The standard InChI is InChI=1S/C7H2F3IN2O5/c8-7(9,10)18-2-1-3(13(16)17)12-5(11)4(2)6(14)15/h1H,(H,14,15). The first kappa shape index (κ1) is 14.4. The number of rotatable bonds is 3. The normalized spacial score (nSPS) is 11.1. The molecule has 1 heterocycles. The molecule has 0 fully saturated rings. The van der Waals surface area contributed by atoms with Gasteiger partial charge in [0.1, 0.15) is 0 Å². The van der Waals surface area contributed by atoms with Gasteiger partial charge in [-0.15, -0.1) is 13.2 Å². The number of nitro groups is 1. The third-order valence-electron chi connectivity index (χ3n) is 1.55. The van der Waals surface area contributed by atoms with Gasteiger partial charge in [0.15, 0.2) is 11.3 Å². The highest BCUT2D eigenvalue weighted by molar-refractivity contribution is 14.1. The number of hydrogen-bond acceptors (Lipinski definition) is 5. The van der Waals surface area contributed by atoms with Crippen LogP contribution in [-0.2, 0) is 0 Å². The van der Waals surface area contributed by atoms with E-state index in [1.54, 1.807) is 0 Å². The lowest BCUT2D eigenvalue weighted by Crippen LogP contribution is -2.20. The Hall–Kier alpha value is -1.66. The van der Waals surface area contributed by atoms with Crippen LogP contribution in [0.4, 0.5) is 19.0 Å². The van der Waals surface area contributed by atoms with E-state index in [4.69, 9.17) is 5.11 Å². The fourth-order valence-corrected chi connectivity index (χ4v) is 1.72. The second kappa shape index (κ2) is 4.91. The average molecular weight is 378 g/mol. The zero-order chi connectivity index (χ0) is 14.1. The van der Waals surface area contributed by atoms with Crippen LogP contribution in [0.3, 0.4) is 0 Å². The quantitative estimate of drug-likeness (QED) is 0.375. The van der Waals surface area contributed by atoms with Gasteiger partial charge in [-0.3, -0.25) is 0 Å². The van der Waals surface area contributed by atoms with Gasteiger partial charge in [-0.25, -0.2) is 4.79 Å². The summed E-state index contributed by atoms with van der Waals surface area (Å²) in [5.41, 5.74) is -0.890. The fourth-order valence-electron chi connectivity index (χ4n) is 0.972. The molecule has 1 N–H and O–H groups in total. The van der Waals surface area contributed by atoms with Crippen molar-refractivity contribution in [3.8, 4) is 5.75 Å². The molecule has 1 rings (SSSR count). The number of aromatic nitrogens is 1. The van der Waals surface area contributed by atoms with Crippen LogP contribution in [0.5, 0.6) is 5.75 Å². The minimum Gasteiger partial charge on any atom is -0.477 e. The van der Waals surface area contributed by atoms with Crippen molar-refractivity contribution in [2.24, 2.45) is 0 Å². The monoisotopic (exact) mass is 378 g/mol. The largest absolute Gasteiger partial charge is 0.573 e. The summed E-state index contributed by atoms with van der Waals surface area (Å²) in [5.74, 6) is -3.86. The number of carboxylic acids is 1. The lowest BCUT2D eigenvalue weighted by molar-refractivity contribution is -0.389. The molecule has 1 aromatic rings. The van der Waals surface area contributed by atoms with Crippen LogP contribution in [0.15, 0.2) is 6.07 Å². The van der Waals surface area contributed by atoms with Crippen molar-refractivity contribution < 1.29 is 32.7 Å². The van der Waals surface area contributed by atoms with Gasteiger partial charge in [-0.1, -0.05) is 0 Å². The molecule has 0 aliphatic rings. The summed E-state index contributed by atoms with van der Waals surface area (Å²) in [6.45, 7) is 0. The van der Waals surface area contributed by atoms with Crippen molar-refractivity contribution in [3.05, 3.63) is 25.4 Å². The van der Waals surface area contributed by atoms with Crippen molar-refractivity contribution in [2.45, 2.75) is 6.36 Å². The molecule has 0 amide bonds. The molecule has 18 heavy (non-hydrogen) atoms. The Morgan fingerprint density at radius 1 is 1.56 bits per heavy atom. The molecule has 7 nitrogen and oxygen atoms in total. The number of ether oxygens (including phenoxy) is 1. The first-order valence-corrected chi connectivity index (χ1v) is 5.03. The van der Waals surface area contributed by atoms with Gasteiger partial charge < -0.3 is 20.0 Å². The van der Waals surface area contributed by atoms with Crippen LogP contribution < -0.4 is 4.74 Å². The molecular formula is C7H2F3IN2O5. The Labute approximate surface area is 110 Å². The number of pyridine rings is 1. The molecule has 0 aliphatic carbocycles. The molecule has 98 valence electrons. The van der Waals surface area contributed by atoms with Crippen LogP contribution in [0.2, 0.25) is 0 Å². The predicted molar refractivity (Wildman–Crippen MR) is 57.3 cm³/mol. The van der Waals surface area contributed by atoms with E-state index in [1.807, 2.05) is 0 Å². The van der Waals surface area contributed by atoms with Crippen molar-refractivity contribution >= 4 is 34.4 Å². The summed E-state index contributed by atoms with van der Waals surface area (Å²) in [4.78, 5) is 23.3. The minimum absolute atomic E-state index is 0.305. The second-order valence-corrected chi connectivity index (χ2v) is 3.78. The van der Waals surface area contributed by atoms with Gasteiger partial charge in [0.2, 0.25) is 3.70 Å². The zero-order valence-corrected chi connectivity index (χ0v) is 10.2. The highest BCUT2D eigenvalue weighted by Gasteiger charge is 2.36. The van der Waals surface area contributed by atoms with E-state index in [9.17, 15) is 28.1 Å². The number of hydrogen-bond donors (Lipinski definition) is 1. The Morgan fingerprint density at radius 2 is 2.11 bits per heavy atom. The number of aromatic carboxylic acids is 1. The zero-order valence-electron chi connectivity index (χ0n) is 8.06. The topological polar surface area (TPSA) is 103 Å². The summed E-state index contributed by atoms with van der Waals surface area (Å²) in [7, 11) is 0. The van der Waals surface area contributed by atoms with Crippen LogP contribution in [-0.4, -0.2) is 27.3 Å². The SMILES string of the molecule is O=C(O)c1c(OC(F)(F)F)cc([N+](=O)[O-])nc1I. The van der Waals surface area contributed by atoms with E-state index in [0.29, 0.717) is 6.07 Å². The average Bonchev–Trinajstić information content (AvgIpc) is 2.12. The number of carboxylic acid groups (broad SMARTS) is 1. The highest BCUT2D eigenvalue weighted by Crippen LogP contribution is 2.31. The Bertz CT molecular complexity index is 519. The number of nitrogens with zero attached hydrogens (tertiary/aromatic N) is 2. The first-order valence-electron chi connectivity index (χ1n) is 3.96. The van der Waals surface area contributed by atoms with Gasteiger partial charge in [0.05, 0.1) is 6.07 Å². The van der Waals surface area contributed by atoms with Gasteiger partial charge in [-0.2, -0.15) is 0 Å². The molecule has 0 unspecified atom stereocenters. The molecule has 1 aromatic heterocycles. The molecule has 0 atom stereocenters. The van der Waals surface area contributed by atoms with E-state index in [2.05, 4.69) is 9.72 Å². The molecule has 0 saturated heterocycles. The lowest BCUT2D eigenvalue weighted by Gasteiger charge is -2.10. The number of halogens is 4. The van der Waals surface area contributed by atoms with Crippen molar-refractivity contribution in [2.75, 3.05) is 0 Å². The molecule has 0 spiro atoms. The first-order chi connectivity index (χ1) is 8.11. The van der Waals surface area contributed by atoms with Crippen molar-refractivity contribution in [1.29, 1.82) is 0 Å². The Kier molecular flexibility index (Phi) is 3.93. The Balaban J connectivity index is 3.43. The third kappa shape index (κ3) is 3.41. The van der Waals surface area contributed by atoms with E-state index < -0.39 is 38.1 Å². The molecular weight excluding hydrogens is 376 g/mol. The van der Waals surface area contributed by atoms with Crippen LogP contribution in [0, 0.1) is 13.8 Å². The van der Waals surface area contributed by atoms with Crippen LogP contribution >= 0.6 is 22.6 Å². The van der Waals surface area contributed by atoms with Crippen LogP contribution in [0.25, 0.3) is 0 Å². The second-order valence-electron chi connectivity index (χ2n) is 2.75. The van der Waals surface area contributed by atoms with Crippen molar-refractivity contribution in [3.63, 3.8) is 0 Å². The maximum atomic E-state index is 12.0. The summed E-state index contributed by atoms with van der Waals surface area (Å²) in [6, 6.07) is 0.305. The summed E-state index contributed by atoms with van der Waals surface area (Å²) in [5, 5.41) is 19.1. The summed E-state index contributed by atoms with van der Waals surface area (Å²) < 4.78 is 39.1. The maximum absolute atomic E-state index is 12.0. The van der Waals surface area contributed by atoms with Crippen molar-refractivity contribution in [1.82, 2.24) is 4.98 Å². The molecule has 0 aromatic carbocycles. The van der Waals surface area contributed by atoms with Gasteiger partial charge in [-0.05, 0) is 9.91 Å². The summed E-state index contributed by atoms with van der Waals surface area (Å²) in [6.07, 6.45) is -5.16. The summed E-state index contributed by atoms with van der Waals surface area (Å²) >= 11 is 1.27. The third-order valence-corrected chi connectivity index (χ3v) is 2.33. The Morgan fingerprint density at radius 3 is 2.50 bits per heavy atom. The highest BCUT2D eigenvalue weighted by atomic mass is 127. The van der Waals surface area contributed by atoms with Gasteiger partial charge in [0.25, 0.3) is 0 Å². The van der Waals surface area contributed by atoms with E-state index in [0.717, 1.165) is 0 Å². The van der Waals surface area contributed by atoms with Gasteiger partial charge >= 0.3 is 18.1 Å². The number of alkyl halides is 3. The van der Waals surface area contributed by atoms with E-state index >= 15 is 0 Å². The van der Waals surface area contributed by atoms with E-state index in [1.165, 1.54) is 22.6 Å². The predicted octanol–water partition coefficient (Wildman–Crippen LogP) is 2.19. The number of carbonyl (C=O) groups is 1. The van der Waals surface area contributed by atoms with Crippen LogP contribution in [0.1, 0.15) is 10.4 Å². The molecule has 11 heteroatoms. The minimum atomic E-state index is -5.16. The smallest absolute Gasteiger partial charge is 0.477 e. The molecule has 0 radical (unpaired) electrons. The molecule has 0 bridgehead atoms. The lowest BCUT2D eigenvalue weighted by atomic mass is 10.2. The molecule has 0 saturated carbocycles. The maximum Gasteiger partial charge on any atom is 0.573 e. The van der Waals surface area contributed by atoms with Gasteiger partial charge in [0, 0.05) is 22.6 Å². The van der Waals surface area contributed by atoms with E-state index in [-0.39, 0.29) is 0 Å². The fraction of sp³-hybridized carbons (Fsp3) is 0.143.